The van der Waals surface area contributed by atoms with Crippen LogP contribution in [0.5, 0.6) is 0 Å². The Labute approximate surface area is 163 Å². The summed E-state index contributed by atoms with van der Waals surface area (Å²) in [5, 5.41) is 20.8. The summed E-state index contributed by atoms with van der Waals surface area (Å²) in [5.74, 6) is 0. The predicted octanol–water partition coefficient (Wildman–Crippen LogP) is 2.01. The van der Waals surface area contributed by atoms with Crippen molar-refractivity contribution in [2.45, 2.75) is 6.92 Å². The molecule has 0 aliphatic heterocycles. The summed E-state index contributed by atoms with van der Waals surface area (Å²) in [6.07, 6.45) is 1.44. The van der Waals surface area contributed by atoms with Gasteiger partial charge in [-0.15, -0.1) is 0 Å². The molecular weight excluding hydrogens is 372 g/mol. The SMILES string of the molecule is Cc1c(C#N)c2nc3ccccc3n2c(=O)c1=CNNc1cccc([N+](=O)[O-])c1. The third-order valence-corrected chi connectivity index (χ3v) is 4.60. The fraction of sp³-hybridized carbons (Fsp3) is 0.0500. The molecule has 0 amide bonds. The van der Waals surface area contributed by atoms with Crippen LogP contribution < -0.4 is 21.6 Å². The molecule has 9 nitrogen and oxygen atoms in total. The van der Waals surface area contributed by atoms with Crippen LogP contribution in [0.4, 0.5) is 11.4 Å². The number of nitrogens with one attached hydrogen (secondary N) is 2. The first-order valence-electron chi connectivity index (χ1n) is 8.61. The van der Waals surface area contributed by atoms with E-state index in [4.69, 9.17) is 0 Å². The number of nitro groups is 1. The van der Waals surface area contributed by atoms with Gasteiger partial charge in [0.2, 0.25) is 0 Å². The van der Waals surface area contributed by atoms with Crippen molar-refractivity contribution >= 4 is 34.3 Å². The molecule has 0 aliphatic carbocycles. The van der Waals surface area contributed by atoms with E-state index in [2.05, 4.69) is 21.9 Å². The fourth-order valence-electron chi connectivity index (χ4n) is 3.18. The molecule has 9 heteroatoms. The zero-order valence-corrected chi connectivity index (χ0v) is 15.2. The number of para-hydroxylation sites is 2. The second-order valence-corrected chi connectivity index (χ2v) is 6.31. The molecule has 4 aromatic rings. The van der Waals surface area contributed by atoms with Crippen LogP contribution >= 0.6 is 0 Å². The molecular formula is C20H14N6O3. The molecule has 29 heavy (non-hydrogen) atoms. The highest BCUT2D eigenvalue weighted by molar-refractivity contribution is 5.82. The molecule has 4 rings (SSSR count). The Bertz CT molecular complexity index is 1430. The lowest BCUT2D eigenvalue weighted by Crippen LogP contribution is -2.36. The molecule has 2 N–H and O–H groups in total. The van der Waals surface area contributed by atoms with Crippen LogP contribution in [0.25, 0.3) is 22.9 Å². The first kappa shape index (κ1) is 17.9. The Kier molecular flexibility index (Phi) is 4.29. The summed E-state index contributed by atoms with van der Waals surface area (Å²) < 4.78 is 1.42. The molecule has 0 atom stereocenters. The average molecular weight is 386 g/mol. The van der Waals surface area contributed by atoms with Gasteiger partial charge in [-0.3, -0.25) is 19.3 Å². The van der Waals surface area contributed by atoms with Crippen LogP contribution in [0.2, 0.25) is 0 Å². The van der Waals surface area contributed by atoms with Crippen LogP contribution in [0, 0.1) is 28.4 Å². The number of fused-ring (bicyclic) bond motifs is 3. The maximum Gasteiger partial charge on any atom is 0.271 e. The number of hydrogen-bond donors (Lipinski definition) is 2. The normalized spacial score (nSPS) is 11.5. The number of benzene rings is 2. The molecule has 142 valence electrons. The first-order chi connectivity index (χ1) is 14.0. The van der Waals surface area contributed by atoms with E-state index in [0.29, 0.717) is 33.5 Å². The quantitative estimate of drug-likeness (QED) is 0.406. The molecule has 0 saturated heterocycles. The van der Waals surface area contributed by atoms with E-state index >= 15 is 0 Å². The van der Waals surface area contributed by atoms with Gasteiger partial charge in [0.1, 0.15) is 6.07 Å². The number of imidazole rings is 1. The summed E-state index contributed by atoms with van der Waals surface area (Å²) >= 11 is 0. The Morgan fingerprint density at radius 1 is 1.24 bits per heavy atom. The minimum Gasteiger partial charge on any atom is -0.307 e. The minimum atomic E-state index is -0.494. The summed E-state index contributed by atoms with van der Waals surface area (Å²) in [6, 6.07) is 15.2. The largest absolute Gasteiger partial charge is 0.307 e. The van der Waals surface area contributed by atoms with E-state index in [1.807, 2.05) is 6.07 Å². The van der Waals surface area contributed by atoms with Crippen molar-refractivity contribution in [3.63, 3.8) is 0 Å². The Hall–Kier alpha value is -4.45. The van der Waals surface area contributed by atoms with Crippen LogP contribution in [0.1, 0.15) is 11.1 Å². The number of nitriles is 1. The highest BCUT2D eigenvalue weighted by atomic mass is 16.6. The standard InChI is InChI=1S/C20H14N6O3/c1-12-15(10-21)19-23-17-7-2-3-8-18(17)25(19)20(27)16(12)11-22-24-13-5-4-6-14(9-13)26(28)29/h2-9,11,22,24H,1H3. The van der Waals surface area contributed by atoms with Gasteiger partial charge in [-0.2, -0.15) is 5.26 Å². The summed E-state index contributed by atoms with van der Waals surface area (Å²) in [6.45, 7) is 1.68. The minimum absolute atomic E-state index is 0.0597. The second-order valence-electron chi connectivity index (χ2n) is 6.31. The Balaban J connectivity index is 1.82. The number of rotatable bonds is 4. The van der Waals surface area contributed by atoms with Crippen molar-refractivity contribution < 1.29 is 4.92 Å². The molecule has 0 radical (unpaired) electrons. The van der Waals surface area contributed by atoms with E-state index in [9.17, 15) is 20.2 Å². The highest BCUT2D eigenvalue weighted by Gasteiger charge is 2.15. The van der Waals surface area contributed by atoms with E-state index in [1.54, 1.807) is 37.3 Å². The number of hydrogen-bond acceptors (Lipinski definition) is 7. The number of hydrazine groups is 1. The second kappa shape index (κ2) is 6.94. The molecule has 2 aromatic carbocycles. The van der Waals surface area contributed by atoms with Crippen molar-refractivity contribution in [1.82, 2.24) is 14.8 Å². The van der Waals surface area contributed by atoms with Crippen LogP contribution in [-0.4, -0.2) is 14.3 Å². The maximum absolute atomic E-state index is 13.1. The zero-order valence-electron chi connectivity index (χ0n) is 15.2. The van der Waals surface area contributed by atoms with Crippen LogP contribution in [0.15, 0.2) is 53.3 Å². The number of nitro benzene ring substituents is 1. The lowest BCUT2D eigenvalue weighted by atomic mass is 10.1. The van der Waals surface area contributed by atoms with Gasteiger partial charge in [-0.25, -0.2) is 4.98 Å². The Morgan fingerprint density at radius 2 is 2.03 bits per heavy atom. The van der Waals surface area contributed by atoms with Gasteiger partial charge in [0, 0.05) is 18.3 Å². The topological polar surface area (TPSA) is 125 Å². The zero-order chi connectivity index (χ0) is 20.5. The molecule has 2 aromatic heterocycles. The summed E-state index contributed by atoms with van der Waals surface area (Å²) in [4.78, 5) is 27.9. The number of pyridine rings is 1. The first-order valence-corrected chi connectivity index (χ1v) is 8.61. The van der Waals surface area contributed by atoms with Gasteiger partial charge in [0.15, 0.2) is 5.65 Å². The number of aromatic nitrogens is 2. The van der Waals surface area contributed by atoms with E-state index < -0.39 is 4.92 Å². The third kappa shape index (κ3) is 2.98. The summed E-state index contributed by atoms with van der Waals surface area (Å²) in [7, 11) is 0. The van der Waals surface area contributed by atoms with Gasteiger partial charge in [-0.05, 0) is 30.7 Å². The van der Waals surface area contributed by atoms with E-state index in [-0.39, 0.29) is 16.5 Å². The van der Waals surface area contributed by atoms with Crippen molar-refractivity contribution in [2.24, 2.45) is 0 Å². The molecule has 0 spiro atoms. The summed E-state index contributed by atoms with van der Waals surface area (Å²) in [5.41, 5.74) is 8.02. The van der Waals surface area contributed by atoms with Gasteiger partial charge < -0.3 is 10.9 Å². The lowest BCUT2D eigenvalue weighted by molar-refractivity contribution is -0.384. The van der Waals surface area contributed by atoms with Gasteiger partial charge in [-0.1, -0.05) is 18.2 Å². The van der Waals surface area contributed by atoms with Crippen molar-refractivity contribution in [1.29, 1.82) is 5.26 Å². The predicted molar refractivity (Wildman–Crippen MR) is 108 cm³/mol. The highest BCUT2D eigenvalue weighted by Crippen LogP contribution is 2.18. The molecule has 0 saturated carbocycles. The van der Waals surface area contributed by atoms with Crippen LogP contribution in [0.3, 0.4) is 0 Å². The molecule has 0 aliphatic rings. The molecule has 2 heterocycles. The number of anilines is 1. The average Bonchev–Trinajstić information content (AvgIpc) is 3.10. The molecule has 0 bridgehead atoms. The fourth-order valence-corrected chi connectivity index (χ4v) is 3.18. The van der Waals surface area contributed by atoms with Gasteiger partial charge >= 0.3 is 0 Å². The number of non-ortho nitro benzene ring substituents is 1. The van der Waals surface area contributed by atoms with Crippen LogP contribution in [-0.2, 0) is 0 Å². The lowest BCUT2D eigenvalue weighted by Gasteiger charge is -2.06. The van der Waals surface area contributed by atoms with Gasteiger partial charge in [0.05, 0.1) is 32.4 Å². The Morgan fingerprint density at radius 3 is 2.79 bits per heavy atom. The smallest absolute Gasteiger partial charge is 0.271 e. The molecule has 0 fully saturated rings. The maximum atomic E-state index is 13.1. The van der Waals surface area contributed by atoms with Crippen molar-refractivity contribution in [3.8, 4) is 6.07 Å². The third-order valence-electron chi connectivity index (χ3n) is 4.60. The van der Waals surface area contributed by atoms with Gasteiger partial charge in [0.25, 0.3) is 11.2 Å². The number of nitrogens with zero attached hydrogens (tertiary/aromatic N) is 4. The van der Waals surface area contributed by atoms with E-state index in [1.165, 1.54) is 22.7 Å². The molecule has 0 unspecified atom stereocenters. The van der Waals surface area contributed by atoms with Crippen molar-refractivity contribution in [2.75, 3.05) is 5.43 Å². The van der Waals surface area contributed by atoms with E-state index in [0.717, 1.165) is 0 Å². The monoisotopic (exact) mass is 386 g/mol. The van der Waals surface area contributed by atoms with Crippen molar-refractivity contribution in [3.05, 3.63) is 85.3 Å².